The number of rotatable bonds is 7. The van der Waals surface area contributed by atoms with E-state index in [0.717, 1.165) is 6.42 Å². The summed E-state index contributed by atoms with van der Waals surface area (Å²) in [5, 5.41) is 3.26. The summed E-state index contributed by atoms with van der Waals surface area (Å²) in [5.41, 5.74) is 2.46. The van der Waals surface area contributed by atoms with Gasteiger partial charge in [0.25, 0.3) is 0 Å². The second-order valence-electron chi connectivity index (χ2n) is 4.63. The van der Waals surface area contributed by atoms with Crippen LogP contribution in [0.15, 0.2) is 24.3 Å². The minimum absolute atomic E-state index is 0.233. The molecule has 0 spiro atoms. The number of nitrogens with one attached hydrogen (secondary N) is 1. The van der Waals surface area contributed by atoms with Crippen molar-refractivity contribution >= 4 is 9.84 Å². The summed E-state index contributed by atoms with van der Waals surface area (Å²) in [6.45, 7) is 3.77. The van der Waals surface area contributed by atoms with Gasteiger partial charge in [0.1, 0.15) is 9.84 Å². The molecule has 0 saturated heterocycles. The third-order valence-electron chi connectivity index (χ3n) is 3.18. The molecular formula is C14H23NO2S. The minimum atomic E-state index is -2.84. The Balaban J connectivity index is 2.58. The lowest BCUT2D eigenvalue weighted by Gasteiger charge is -2.17. The van der Waals surface area contributed by atoms with Crippen LogP contribution < -0.4 is 5.32 Å². The van der Waals surface area contributed by atoms with Crippen LogP contribution in [0, 0.1) is 6.92 Å². The average Bonchev–Trinajstić information content (AvgIpc) is 2.34. The largest absolute Gasteiger partial charge is 0.313 e. The third-order valence-corrected chi connectivity index (χ3v) is 4.97. The monoisotopic (exact) mass is 269 g/mol. The molecule has 0 aromatic heterocycles. The van der Waals surface area contributed by atoms with Crippen molar-refractivity contribution in [3.8, 4) is 0 Å². The lowest BCUT2D eigenvalue weighted by Crippen LogP contribution is -2.18. The second-order valence-corrected chi connectivity index (χ2v) is 7.11. The molecule has 1 atom stereocenters. The molecule has 1 rings (SSSR count). The van der Waals surface area contributed by atoms with Gasteiger partial charge < -0.3 is 5.32 Å². The van der Waals surface area contributed by atoms with Gasteiger partial charge in [-0.15, -0.1) is 0 Å². The molecule has 0 aliphatic rings. The van der Waals surface area contributed by atoms with Crippen LogP contribution in [0.5, 0.6) is 0 Å². The molecule has 1 N–H and O–H groups in total. The molecule has 0 heterocycles. The minimum Gasteiger partial charge on any atom is -0.313 e. The summed E-state index contributed by atoms with van der Waals surface area (Å²) < 4.78 is 22.9. The smallest absolute Gasteiger partial charge is 0.150 e. The Bertz CT molecular complexity index is 468. The van der Waals surface area contributed by atoms with E-state index in [2.05, 4.69) is 30.4 Å². The molecular weight excluding hydrogens is 246 g/mol. The zero-order valence-corrected chi connectivity index (χ0v) is 12.3. The molecule has 102 valence electrons. The topological polar surface area (TPSA) is 46.2 Å². The summed E-state index contributed by atoms with van der Waals surface area (Å²) in [7, 11) is -0.924. The van der Waals surface area contributed by atoms with Crippen LogP contribution in [0.2, 0.25) is 0 Å². The fourth-order valence-corrected chi connectivity index (χ4v) is 2.91. The Morgan fingerprint density at radius 2 is 2.06 bits per heavy atom. The van der Waals surface area contributed by atoms with Crippen LogP contribution in [0.3, 0.4) is 0 Å². The van der Waals surface area contributed by atoms with E-state index in [1.165, 1.54) is 11.1 Å². The van der Waals surface area contributed by atoms with E-state index in [-0.39, 0.29) is 17.5 Å². The predicted molar refractivity (Wildman–Crippen MR) is 76.5 cm³/mol. The van der Waals surface area contributed by atoms with E-state index in [0.29, 0.717) is 6.42 Å². The molecule has 0 radical (unpaired) electrons. The molecule has 0 bridgehead atoms. The Morgan fingerprint density at radius 3 is 2.61 bits per heavy atom. The van der Waals surface area contributed by atoms with Crippen LogP contribution >= 0.6 is 0 Å². The van der Waals surface area contributed by atoms with Crippen molar-refractivity contribution < 1.29 is 8.42 Å². The molecule has 0 amide bonds. The number of hydrogen-bond donors (Lipinski definition) is 1. The first-order chi connectivity index (χ1) is 8.48. The fraction of sp³-hybridized carbons (Fsp3) is 0.571. The van der Waals surface area contributed by atoms with Gasteiger partial charge in [-0.2, -0.15) is 0 Å². The first-order valence-electron chi connectivity index (χ1n) is 6.42. The van der Waals surface area contributed by atoms with Crippen molar-refractivity contribution in [2.24, 2.45) is 0 Å². The number of benzene rings is 1. The van der Waals surface area contributed by atoms with Crippen molar-refractivity contribution in [3.05, 3.63) is 35.4 Å². The van der Waals surface area contributed by atoms with Gasteiger partial charge in [0, 0.05) is 11.8 Å². The summed E-state index contributed by atoms with van der Waals surface area (Å²) in [6.07, 6.45) is 1.55. The van der Waals surface area contributed by atoms with E-state index in [1.807, 2.05) is 13.1 Å². The highest BCUT2D eigenvalue weighted by atomic mass is 32.2. The van der Waals surface area contributed by atoms with E-state index < -0.39 is 9.84 Å². The zero-order chi connectivity index (χ0) is 13.6. The Hall–Kier alpha value is -0.870. The standard InChI is InChI=1S/C14H23NO2S/c1-4-18(16,17)10-6-9-14(15-3)13-8-5-7-12(2)11-13/h5,7-8,11,14-15H,4,6,9-10H2,1-3H3. The summed E-state index contributed by atoms with van der Waals surface area (Å²) in [4.78, 5) is 0. The molecule has 3 nitrogen and oxygen atoms in total. The molecule has 0 aliphatic carbocycles. The number of sulfone groups is 1. The zero-order valence-electron chi connectivity index (χ0n) is 11.4. The maximum absolute atomic E-state index is 11.4. The van der Waals surface area contributed by atoms with Crippen LogP contribution in [0.4, 0.5) is 0 Å². The van der Waals surface area contributed by atoms with Crippen molar-refractivity contribution in [2.45, 2.75) is 32.7 Å². The first kappa shape index (κ1) is 15.2. The normalized spacial score (nSPS) is 13.5. The fourth-order valence-electron chi connectivity index (χ4n) is 2.02. The van der Waals surface area contributed by atoms with E-state index in [9.17, 15) is 8.42 Å². The SMILES string of the molecule is CCS(=O)(=O)CCCC(NC)c1cccc(C)c1. The molecule has 1 unspecified atom stereocenters. The van der Waals surface area contributed by atoms with Gasteiger partial charge >= 0.3 is 0 Å². The highest BCUT2D eigenvalue weighted by Crippen LogP contribution is 2.19. The molecule has 0 fully saturated rings. The molecule has 0 aliphatic heterocycles. The number of hydrogen-bond acceptors (Lipinski definition) is 3. The predicted octanol–water partition coefficient (Wildman–Crippen LogP) is 2.47. The molecule has 18 heavy (non-hydrogen) atoms. The van der Waals surface area contributed by atoms with Crippen molar-refractivity contribution in [2.75, 3.05) is 18.6 Å². The third kappa shape index (κ3) is 4.78. The van der Waals surface area contributed by atoms with Crippen LogP contribution in [-0.2, 0) is 9.84 Å². The quantitative estimate of drug-likeness (QED) is 0.827. The summed E-state index contributed by atoms with van der Waals surface area (Å²) >= 11 is 0. The molecule has 0 saturated carbocycles. The Kier molecular flexibility index (Phi) is 5.82. The number of aryl methyl sites for hydroxylation is 1. The van der Waals surface area contributed by atoms with Gasteiger partial charge in [0.15, 0.2) is 0 Å². The summed E-state index contributed by atoms with van der Waals surface area (Å²) in [5.74, 6) is 0.523. The van der Waals surface area contributed by atoms with Gasteiger partial charge in [0.2, 0.25) is 0 Å². The van der Waals surface area contributed by atoms with Gasteiger partial charge in [-0.3, -0.25) is 0 Å². The maximum atomic E-state index is 11.4. The highest BCUT2D eigenvalue weighted by Gasteiger charge is 2.12. The van der Waals surface area contributed by atoms with E-state index in [1.54, 1.807) is 6.92 Å². The van der Waals surface area contributed by atoms with Gasteiger partial charge in [-0.25, -0.2) is 8.42 Å². The van der Waals surface area contributed by atoms with E-state index >= 15 is 0 Å². The van der Waals surface area contributed by atoms with Gasteiger partial charge in [-0.05, 0) is 32.4 Å². The lowest BCUT2D eigenvalue weighted by molar-refractivity contribution is 0.535. The van der Waals surface area contributed by atoms with E-state index in [4.69, 9.17) is 0 Å². The molecule has 4 heteroatoms. The van der Waals surface area contributed by atoms with Crippen molar-refractivity contribution in [1.82, 2.24) is 5.32 Å². The molecule has 1 aromatic rings. The first-order valence-corrected chi connectivity index (χ1v) is 8.25. The molecule has 1 aromatic carbocycles. The lowest BCUT2D eigenvalue weighted by atomic mass is 10.0. The highest BCUT2D eigenvalue weighted by molar-refractivity contribution is 7.91. The summed E-state index contributed by atoms with van der Waals surface area (Å²) in [6, 6.07) is 8.57. The van der Waals surface area contributed by atoms with Crippen molar-refractivity contribution in [3.63, 3.8) is 0 Å². The van der Waals surface area contributed by atoms with Gasteiger partial charge in [-0.1, -0.05) is 36.8 Å². The Morgan fingerprint density at radius 1 is 1.33 bits per heavy atom. The maximum Gasteiger partial charge on any atom is 0.150 e. The van der Waals surface area contributed by atoms with Crippen molar-refractivity contribution in [1.29, 1.82) is 0 Å². The second kappa shape index (κ2) is 6.90. The van der Waals surface area contributed by atoms with Crippen LogP contribution in [-0.4, -0.2) is 27.0 Å². The van der Waals surface area contributed by atoms with Gasteiger partial charge in [0.05, 0.1) is 5.75 Å². The Labute approximate surface area is 111 Å². The van der Waals surface area contributed by atoms with Crippen LogP contribution in [0.25, 0.3) is 0 Å². The van der Waals surface area contributed by atoms with Crippen LogP contribution in [0.1, 0.15) is 36.9 Å². The average molecular weight is 269 g/mol.